The van der Waals surface area contributed by atoms with Gasteiger partial charge in [0.15, 0.2) is 0 Å². The fourth-order valence-corrected chi connectivity index (χ4v) is 2.55. The number of likely N-dealkylation sites (tertiary alicyclic amines) is 1. The lowest BCUT2D eigenvalue weighted by atomic mass is 10.1. The van der Waals surface area contributed by atoms with Crippen LogP contribution in [0.2, 0.25) is 0 Å². The Hall–Kier alpha value is -0.0800. The van der Waals surface area contributed by atoms with Crippen LogP contribution >= 0.6 is 0 Å². The summed E-state index contributed by atoms with van der Waals surface area (Å²) in [7, 11) is 2.06. The molecule has 78 valence electrons. The van der Waals surface area contributed by atoms with Crippen molar-refractivity contribution in [3.63, 3.8) is 0 Å². The predicted octanol–water partition coefficient (Wildman–Crippen LogP) is 1.86. The standard InChI is InChI=1S/C11H24N2/c1-4-10(5-2)13-8-6-7-11(13)9-12-3/h10-12H,4-9H2,1-3H3. The van der Waals surface area contributed by atoms with Gasteiger partial charge in [-0.3, -0.25) is 4.90 Å². The third kappa shape index (κ3) is 2.68. The SMILES string of the molecule is CCC(CC)N1CCCC1CNC. The van der Waals surface area contributed by atoms with E-state index in [-0.39, 0.29) is 0 Å². The molecular weight excluding hydrogens is 160 g/mol. The van der Waals surface area contributed by atoms with Gasteiger partial charge in [-0.15, -0.1) is 0 Å². The van der Waals surface area contributed by atoms with Gasteiger partial charge in [-0.1, -0.05) is 13.8 Å². The van der Waals surface area contributed by atoms with E-state index in [4.69, 9.17) is 0 Å². The summed E-state index contributed by atoms with van der Waals surface area (Å²) >= 11 is 0. The topological polar surface area (TPSA) is 15.3 Å². The molecule has 1 heterocycles. The van der Waals surface area contributed by atoms with Crippen LogP contribution in [0.25, 0.3) is 0 Å². The molecule has 1 saturated heterocycles. The van der Waals surface area contributed by atoms with E-state index in [0.717, 1.165) is 18.6 Å². The molecule has 0 aromatic carbocycles. The van der Waals surface area contributed by atoms with Gasteiger partial charge < -0.3 is 5.32 Å². The summed E-state index contributed by atoms with van der Waals surface area (Å²) in [5, 5.41) is 3.30. The minimum Gasteiger partial charge on any atom is -0.318 e. The van der Waals surface area contributed by atoms with E-state index in [9.17, 15) is 0 Å². The molecule has 2 nitrogen and oxygen atoms in total. The van der Waals surface area contributed by atoms with Crippen LogP contribution in [0.5, 0.6) is 0 Å². The summed E-state index contributed by atoms with van der Waals surface area (Å²) in [5.41, 5.74) is 0. The number of rotatable bonds is 5. The monoisotopic (exact) mass is 184 g/mol. The van der Waals surface area contributed by atoms with Crippen molar-refractivity contribution in [3.8, 4) is 0 Å². The second-order valence-corrected chi connectivity index (χ2v) is 4.06. The summed E-state index contributed by atoms with van der Waals surface area (Å²) in [6.45, 7) is 7.10. The average molecular weight is 184 g/mol. The van der Waals surface area contributed by atoms with Crippen LogP contribution < -0.4 is 5.32 Å². The van der Waals surface area contributed by atoms with Crippen LogP contribution in [0.15, 0.2) is 0 Å². The Morgan fingerprint density at radius 2 is 2.08 bits per heavy atom. The minimum absolute atomic E-state index is 0.801. The summed E-state index contributed by atoms with van der Waals surface area (Å²) < 4.78 is 0. The Morgan fingerprint density at radius 3 is 2.62 bits per heavy atom. The summed E-state index contributed by atoms with van der Waals surface area (Å²) in [5.74, 6) is 0. The first-order chi connectivity index (χ1) is 6.33. The third-order valence-corrected chi connectivity index (χ3v) is 3.27. The molecule has 0 bridgehead atoms. The van der Waals surface area contributed by atoms with Gasteiger partial charge in [0.25, 0.3) is 0 Å². The van der Waals surface area contributed by atoms with Gasteiger partial charge in [0.2, 0.25) is 0 Å². The maximum absolute atomic E-state index is 3.30. The highest BCUT2D eigenvalue weighted by Gasteiger charge is 2.27. The van der Waals surface area contributed by atoms with Crippen molar-refractivity contribution in [2.75, 3.05) is 20.1 Å². The summed E-state index contributed by atoms with van der Waals surface area (Å²) in [6, 6.07) is 1.62. The van der Waals surface area contributed by atoms with E-state index >= 15 is 0 Å². The first-order valence-electron chi connectivity index (χ1n) is 5.73. The zero-order valence-electron chi connectivity index (χ0n) is 9.34. The molecule has 1 aliphatic heterocycles. The highest BCUT2D eigenvalue weighted by atomic mass is 15.2. The molecule has 1 rings (SSSR count). The number of hydrogen-bond donors (Lipinski definition) is 1. The van der Waals surface area contributed by atoms with Crippen LogP contribution in [0.1, 0.15) is 39.5 Å². The van der Waals surface area contributed by atoms with E-state index in [1.54, 1.807) is 0 Å². The second kappa shape index (κ2) is 5.61. The van der Waals surface area contributed by atoms with Crippen molar-refractivity contribution in [2.24, 2.45) is 0 Å². The smallest absolute Gasteiger partial charge is 0.0223 e. The zero-order valence-corrected chi connectivity index (χ0v) is 9.34. The van der Waals surface area contributed by atoms with Crippen molar-refractivity contribution < 1.29 is 0 Å². The average Bonchev–Trinajstić information content (AvgIpc) is 2.57. The molecule has 0 spiro atoms. The molecule has 0 aromatic heterocycles. The van der Waals surface area contributed by atoms with Crippen LogP contribution in [0, 0.1) is 0 Å². The molecule has 13 heavy (non-hydrogen) atoms. The summed E-state index contributed by atoms with van der Waals surface area (Å²) in [6.07, 6.45) is 5.38. The van der Waals surface area contributed by atoms with Crippen LogP contribution in [-0.2, 0) is 0 Å². The number of nitrogens with one attached hydrogen (secondary N) is 1. The lowest BCUT2D eigenvalue weighted by Gasteiger charge is -2.31. The molecule has 1 aliphatic rings. The third-order valence-electron chi connectivity index (χ3n) is 3.27. The predicted molar refractivity (Wildman–Crippen MR) is 58.0 cm³/mol. The van der Waals surface area contributed by atoms with Crippen molar-refractivity contribution in [1.29, 1.82) is 0 Å². The molecule has 0 radical (unpaired) electrons. The fraction of sp³-hybridized carbons (Fsp3) is 1.00. The lowest BCUT2D eigenvalue weighted by Crippen LogP contribution is -2.42. The Balaban J connectivity index is 2.45. The quantitative estimate of drug-likeness (QED) is 0.701. The van der Waals surface area contributed by atoms with E-state index < -0.39 is 0 Å². The second-order valence-electron chi connectivity index (χ2n) is 4.06. The van der Waals surface area contributed by atoms with Gasteiger partial charge in [0.05, 0.1) is 0 Å². The zero-order chi connectivity index (χ0) is 9.68. The molecular formula is C11H24N2. The minimum atomic E-state index is 0.801. The van der Waals surface area contributed by atoms with E-state index in [1.165, 1.54) is 32.2 Å². The fourth-order valence-electron chi connectivity index (χ4n) is 2.55. The highest BCUT2D eigenvalue weighted by Crippen LogP contribution is 2.22. The Kier molecular flexibility index (Phi) is 4.74. The van der Waals surface area contributed by atoms with Gasteiger partial charge in [0, 0.05) is 18.6 Å². The Morgan fingerprint density at radius 1 is 1.38 bits per heavy atom. The van der Waals surface area contributed by atoms with Gasteiger partial charge >= 0.3 is 0 Å². The molecule has 0 aliphatic carbocycles. The maximum atomic E-state index is 3.30. The van der Waals surface area contributed by atoms with Crippen molar-refractivity contribution in [2.45, 2.75) is 51.6 Å². The Bertz CT molecular complexity index is 132. The highest BCUT2D eigenvalue weighted by molar-refractivity contribution is 4.84. The molecule has 1 unspecified atom stereocenters. The van der Waals surface area contributed by atoms with E-state index in [1.807, 2.05) is 0 Å². The number of nitrogens with zero attached hydrogens (tertiary/aromatic N) is 1. The molecule has 1 fully saturated rings. The Labute approximate surface area is 82.7 Å². The lowest BCUT2D eigenvalue weighted by molar-refractivity contribution is 0.168. The first kappa shape index (κ1) is 11.0. The molecule has 0 amide bonds. The molecule has 1 N–H and O–H groups in total. The molecule has 0 saturated carbocycles. The number of likely N-dealkylation sites (N-methyl/N-ethyl adjacent to an activating group) is 1. The van der Waals surface area contributed by atoms with Crippen LogP contribution in [0.3, 0.4) is 0 Å². The van der Waals surface area contributed by atoms with E-state index in [2.05, 4.69) is 31.1 Å². The van der Waals surface area contributed by atoms with E-state index in [0.29, 0.717) is 0 Å². The molecule has 1 atom stereocenters. The van der Waals surface area contributed by atoms with Crippen LogP contribution in [-0.4, -0.2) is 37.1 Å². The number of hydrogen-bond acceptors (Lipinski definition) is 2. The summed E-state index contributed by atoms with van der Waals surface area (Å²) in [4.78, 5) is 2.70. The van der Waals surface area contributed by atoms with Gasteiger partial charge in [-0.05, 0) is 39.3 Å². The maximum Gasteiger partial charge on any atom is 0.0223 e. The largest absolute Gasteiger partial charge is 0.318 e. The molecule has 0 aromatic rings. The van der Waals surface area contributed by atoms with Crippen LogP contribution in [0.4, 0.5) is 0 Å². The molecule has 2 heteroatoms. The van der Waals surface area contributed by atoms with Crippen molar-refractivity contribution >= 4 is 0 Å². The van der Waals surface area contributed by atoms with Gasteiger partial charge in [-0.2, -0.15) is 0 Å². The van der Waals surface area contributed by atoms with Gasteiger partial charge in [-0.25, -0.2) is 0 Å². The normalized spacial score (nSPS) is 24.5. The van der Waals surface area contributed by atoms with Crippen molar-refractivity contribution in [1.82, 2.24) is 10.2 Å². The van der Waals surface area contributed by atoms with Crippen molar-refractivity contribution in [3.05, 3.63) is 0 Å². The first-order valence-corrected chi connectivity index (χ1v) is 5.73. The van der Waals surface area contributed by atoms with Gasteiger partial charge in [0.1, 0.15) is 0 Å².